The van der Waals surface area contributed by atoms with Crippen molar-refractivity contribution in [3.05, 3.63) is 54.0 Å². The number of furan rings is 1. The van der Waals surface area contributed by atoms with Gasteiger partial charge in [0.15, 0.2) is 12.6 Å². The Hall–Kier alpha value is -2.64. The van der Waals surface area contributed by atoms with Crippen LogP contribution in [-0.2, 0) is 13.0 Å². The van der Waals surface area contributed by atoms with E-state index in [0.29, 0.717) is 25.5 Å². The van der Waals surface area contributed by atoms with Gasteiger partial charge in [0.25, 0.3) is 0 Å². The van der Waals surface area contributed by atoms with Crippen molar-refractivity contribution in [3.63, 3.8) is 0 Å². The number of hydrogen-bond donors (Lipinski definition) is 2. The highest BCUT2D eigenvalue weighted by Gasteiger charge is 2.28. The number of guanidine groups is 1. The number of nitrogens with zero attached hydrogens (tertiary/aromatic N) is 1. The van der Waals surface area contributed by atoms with E-state index in [1.807, 2.05) is 12.1 Å². The predicted octanol–water partition coefficient (Wildman–Crippen LogP) is 3.13. The standard InChI is InChI=1S/C17H20F3N3O2/c1-21-16(22-8-7-14-6-3-9-24-14)23-11-13-4-2-5-15(10-13)25-12-17(18,19)20/h2-6,9-10H,7-8,11-12H2,1H3,(H2,21,22,23). The maximum Gasteiger partial charge on any atom is 0.422 e. The summed E-state index contributed by atoms with van der Waals surface area (Å²) in [5, 5.41) is 6.23. The van der Waals surface area contributed by atoms with E-state index in [0.717, 1.165) is 11.3 Å². The molecular weight excluding hydrogens is 335 g/mol. The number of benzene rings is 1. The Labute approximate surface area is 143 Å². The van der Waals surface area contributed by atoms with Crippen LogP contribution in [0.2, 0.25) is 0 Å². The first kappa shape index (κ1) is 18.7. The minimum absolute atomic E-state index is 0.178. The predicted molar refractivity (Wildman–Crippen MR) is 88.6 cm³/mol. The summed E-state index contributed by atoms with van der Waals surface area (Å²) in [6, 6.07) is 10.2. The summed E-state index contributed by atoms with van der Waals surface area (Å²) in [7, 11) is 1.64. The van der Waals surface area contributed by atoms with E-state index in [1.165, 1.54) is 6.07 Å². The molecule has 2 aromatic rings. The van der Waals surface area contributed by atoms with Crippen molar-refractivity contribution < 1.29 is 22.3 Å². The van der Waals surface area contributed by atoms with Crippen molar-refractivity contribution in [1.29, 1.82) is 0 Å². The fourth-order valence-corrected chi connectivity index (χ4v) is 2.08. The molecule has 0 saturated heterocycles. The van der Waals surface area contributed by atoms with E-state index in [1.54, 1.807) is 31.5 Å². The van der Waals surface area contributed by atoms with Crippen LogP contribution in [0, 0.1) is 0 Å². The fraction of sp³-hybridized carbons (Fsp3) is 0.353. The molecule has 2 N–H and O–H groups in total. The van der Waals surface area contributed by atoms with E-state index in [-0.39, 0.29) is 5.75 Å². The Bertz CT molecular complexity index is 670. The van der Waals surface area contributed by atoms with Gasteiger partial charge in [-0.3, -0.25) is 4.99 Å². The molecule has 2 rings (SSSR count). The van der Waals surface area contributed by atoms with Crippen LogP contribution in [0.1, 0.15) is 11.3 Å². The number of aliphatic imine (C=N–C) groups is 1. The highest BCUT2D eigenvalue weighted by Crippen LogP contribution is 2.19. The molecule has 0 bridgehead atoms. The SMILES string of the molecule is CN=C(NCCc1ccco1)NCc1cccc(OCC(F)(F)F)c1. The second-order valence-corrected chi connectivity index (χ2v) is 5.23. The van der Waals surface area contributed by atoms with Crippen LogP contribution in [0.5, 0.6) is 5.75 Å². The minimum Gasteiger partial charge on any atom is -0.484 e. The van der Waals surface area contributed by atoms with Crippen LogP contribution >= 0.6 is 0 Å². The van der Waals surface area contributed by atoms with E-state index in [9.17, 15) is 13.2 Å². The van der Waals surface area contributed by atoms with Gasteiger partial charge in [-0.25, -0.2) is 0 Å². The largest absolute Gasteiger partial charge is 0.484 e. The normalized spacial score (nSPS) is 12.1. The monoisotopic (exact) mass is 355 g/mol. The van der Waals surface area contributed by atoms with Crippen molar-refractivity contribution in [2.45, 2.75) is 19.1 Å². The van der Waals surface area contributed by atoms with E-state index < -0.39 is 12.8 Å². The van der Waals surface area contributed by atoms with E-state index in [2.05, 4.69) is 15.6 Å². The highest BCUT2D eigenvalue weighted by molar-refractivity contribution is 5.79. The third-order valence-electron chi connectivity index (χ3n) is 3.23. The molecule has 0 spiro atoms. The quantitative estimate of drug-likeness (QED) is 0.592. The van der Waals surface area contributed by atoms with Crippen LogP contribution in [-0.4, -0.2) is 32.3 Å². The number of nitrogens with one attached hydrogen (secondary N) is 2. The van der Waals surface area contributed by atoms with Crippen LogP contribution in [0.3, 0.4) is 0 Å². The first-order valence-electron chi connectivity index (χ1n) is 7.71. The summed E-state index contributed by atoms with van der Waals surface area (Å²) < 4.78 is 46.6. The zero-order chi connectivity index (χ0) is 18.1. The van der Waals surface area contributed by atoms with Gasteiger partial charge in [-0.1, -0.05) is 12.1 Å². The lowest BCUT2D eigenvalue weighted by atomic mass is 10.2. The smallest absolute Gasteiger partial charge is 0.422 e. The van der Waals surface area contributed by atoms with Gasteiger partial charge in [-0.05, 0) is 29.8 Å². The molecule has 136 valence electrons. The van der Waals surface area contributed by atoms with Gasteiger partial charge in [-0.2, -0.15) is 13.2 Å². The lowest BCUT2D eigenvalue weighted by Crippen LogP contribution is -2.37. The van der Waals surface area contributed by atoms with Crippen LogP contribution in [0.4, 0.5) is 13.2 Å². The molecule has 0 aliphatic rings. The Balaban J connectivity index is 1.78. The molecule has 1 heterocycles. The van der Waals surface area contributed by atoms with Gasteiger partial charge in [-0.15, -0.1) is 0 Å². The summed E-state index contributed by atoms with van der Waals surface area (Å²) in [6.45, 7) is -0.258. The molecular formula is C17H20F3N3O2. The molecule has 0 amide bonds. The third-order valence-corrected chi connectivity index (χ3v) is 3.23. The summed E-state index contributed by atoms with van der Waals surface area (Å²) in [4.78, 5) is 4.10. The Morgan fingerprint density at radius 1 is 1.20 bits per heavy atom. The van der Waals surface area contributed by atoms with Gasteiger partial charge in [0.05, 0.1) is 6.26 Å². The maximum atomic E-state index is 12.2. The van der Waals surface area contributed by atoms with E-state index >= 15 is 0 Å². The van der Waals surface area contributed by atoms with Crippen molar-refractivity contribution in [2.75, 3.05) is 20.2 Å². The third kappa shape index (κ3) is 7.19. The summed E-state index contributed by atoms with van der Waals surface area (Å²) in [5.74, 6) is 1.64. The van der Waals surface area contributed by atoms with Crippen LogP contribution in [0.15, 0.2) is 52.1 Å². The fourth-order valence-electron chi connectivity index (χ4n) is 2.08. The molecule has 5 nitrogen and oxygen atoms in total. The van der Waals surface area contributed by atoms with E-state index in [4.69, 9.17) is 9.15 Å². The van der Waals surface area contributed by atoms with Crippen molar-refractivity contribution >= 4 is 5.96 Å². The average molecular weight is 355 g/mol. The summed E-state index contributed by atoms with van der Waals surface area (Å²) >= 11 is 0. The highest BCUT2D eigenvalue weighted by atomic mass is 19.4. The number of ether oxygens (including phenoxy) is 1. The van der Waals surface area contributed by atoms with Gasteiger partial charge < -0.3 is 19.8 Å². The zero-order valence-corrected chi connectivity index (χ0v) is 13.8. The Kier molecular flexibility index (Phi) is 6.73. The number of halogens is 3. The van der Waals surface area contributed by atoms with Crippen LogP contribution < -0.4 is 15.4 Å². The second kappa shape index (κ2) is 9.00. The number of rotatable bonds is 7. The maximum absolute atomic E-state index is 12.2. The number of hydrogen-bond acceptors (Lipinski definition) is 3. The van der Waals surface area contributed by atoms with Crippen molar-refractivity contribution in [1.82, 2.24) is 10.6 Å². The van der Waals surface area contributed by atoms with Crippen LogP contribution in [0.25, 0.3) is 0 Å². The summed E-state index contributed by atoms with van der Waals surface area (Å²) in [5.41, 5.74) is 0.786. The molecule has 0 atom stereocenters. The molecule has 0 radical (unpaired) electrons. The average Bonchev–Trinajstić information content (AvgIpc) is 3.09. The molecule has 0 aliphatic heterocycles. The minimum atomic E-state index is -4.35. The van der Waals surface area contributed by atoms with Gasteiger partial charge in [0, 0.05) is 26.6 Å². The van der Waals surface area contributed by atoms with Crippen molar-refractivity contribution in [2.24, 2.45) is 4.99 Å². The first-order valence-corrected chi connectivity index (χ1v) is 7.71. The molecule has 0 saturated carbocycles. The van der Waals surface area contributed by atoms with Gasteiger partial charge >= 0.3 is 6.18 Å². The molecule has 1 aromatic carbocycles. The molecule has 0 aliphatic carbocycles. The summed E-state index contributed by atoms with van der Waals surface area (Å²) in [6.07, 6.45) is -2.01. The lowest BCUT2D eigenvalue weighted by Gasteiger charge is -2.13. The molecule has 8 heteroatoms. The molecule has 0 unspecified atom stereocenters. The first-order chi connectivity index (χ1) is 12.0. The molecule has 1 aromatic heterocycles. The Morgan fingerprint density at radius 3 is 2.72 bits per heavy atom. The van der Waals surface area contributed by atoms with Crippen molar-refractivity contribution in [3.8, 4) is 5.75 Å². The molecule has 0 fully saturated rings. The lowest BCUT2D eigenvalue weighted by molar-refractivity contribution is -0.153. The Morgan fingerprint density at radius 2 is 2.04 bits per heavy atom. The van der Waals surface area contributed by atoms with Gasteiger partial charge in [0.1, 0.15) is 11.5 Å². The number of alkyl halides is 3. The topological polar surface area (TPSA) is 58.8 Å². The van der Waals surface area contributed by atoms with Gasteiger partial charge in [0.2, 0.25) is 0 Å². The molecule has 25 heavy (non-hydrogen) atoms. The zero-order valence-electron chi connectivity index (χ0n) is 13.8. The second-order valence-electron chi connectivity index (χ2n) is 5.23.